The van der Waals surface area contributed by atoms with Crippen molar-refractivity contribution in [1.82, 2.24) is 0 Å². The van der Waals surface area contributed by atoms with Crippen LogP contribution < -0.4 is 0 Å². The van der Waals surface area contributed by atoms with Gasteiger partial charge in [0, 0.05) is 0 Å². The third-order valence-corrected chi connectivity index (χ3v) is 1.31. The van der Waals surface area contributed by atoms with Crippen LogP contribution in [0.2, 0.25) is 0 Å². The van der Waals surface area contributed by atoms with Crippen molar-refractivity contribution in [3.05, 3.63) is 12.2 Å². The lowest BCUT2D eigenvalue weighted by atomic mass is 10.5. The maximum absolute atomic E-state index is 11.7. The first-order valence-corrected chi connectivity index (χ1v) is 4.22. The fraction of sp³-hybridized carbons (Fsp3) is 0.400. The van der Waals surface area contributed by atoms with E-state index in [2.05, 4.69) is 4.99 Å². The van der Waals surface area contributed by atoms with E-state index >= 15 is 0 Å². The van der Waals surface area contributed by atoms with E-state index in [1.54, 1.807) is 0 Å². The Morgan fingerprint density at radius 2 is 2.09 bits per heavy atom. The van der Waals surface area contributed by atoms with Crippen LogP contribution in [-0.4, -0.2) is 26.8 Å². The van der Waals surface area contributed by atoms with Gasteiger partial charge >= 0.3 is 10.2 Å². The van der Waals surface area contributed by atoms with Gasteiger partial charge in [-0.3, -0.25) is 0 Å². The molecule has 4 nitrogen and oxygen atoms in total. The predicted octanol–water partition coefficient (Wildman–Crippen LogP) is 0.178. The lowest BCUT2D eigenvalue weighted by Gasteiger charge is -1.82. The summed E-state index contributed by atoms with van der Waals surface area (Å²) in [4.78, 5) is 12.5. The molecule has 0 N–H and O–H groups in total. The van der Waals surface area contributed by atoms with E-state index in [4.69, 9.17) is 0 Å². The highest BCUT2D eigenvalue weighted by molar-refractivity contribution is 7.86. The second-order valence-electron chi connectivity index (χ2n) is 1.61. The molecule has 0 aliphatic rings. The van der Waals surface area contributed by atoms with Crippen molar-refractivity contribution in [2.45, 2.75) is 0 Å². The second-order valence-corrected chi connectivity index (χ2v) is 3.02. The summed E-state index contributed by atoms with van der Waals surface area (Å²) >= 11 is 0. The fourth-order valence-electron chi connectivity index (χ4n) is 0.347. The third kappa shape index (κ3) is 9.00. The molecule has 0 aromatic carbocycles. The summed E-state index contributed by atoms with van der Waals surface area (Å²) in [5.74, 6) is -0.679. The Balaban J connectivity index is 3.71. The van der Waals surface area contributed by atoms with E-state index in [-0.39, 0.29) is 6.54 Å². The average molecular weight is 179 g/mol. The summed E-state index contributed by atoms with van der Waals surface area (Å²) < 4.78 is 31.4. The zero-order chi connectivity index (χ0) is 8.74. The van der Waals surface area contributed by atoms with Gasteiger partial charge in [-0.2, -0.15) is 8.42 Å². The van der Waals surface area contributed by atoms with Gasteiger partial charge in [0.15, 0.2) is 0 Å². The standard InChI is InChI=1S/C5H6FNO3S/c6-11(9,10)4-2-1-3-7-5-8/h1-2H,3-4H2/b2-1+. The van der Waals surface area contributed by atoms with Gasteiger partial charge in [-0.1, -0.05) is 12.2 Å². The summed E-state index contributed by atoms with van der Waals surface area (Å²) in [7, 11) is -4.44. The van der Waals surface area contributed by atoms with Crippen molar-refractivity contribution in [2.75, 3.05) is 12.3 Å². The zero-order valence-corrected chi connectivity index (χ0v) is 6.34. The first-order valence-electron chi connectivity index (χ1n) is 2.67. The van der Waals surface area contributed by atoms with Gasteiger partial charge in [0.1, 0.15) is 0 Å². The van der Waals surface area contributed by atoms with E-state index in [1.807, 2.05) is 0 Å². The van der Waals surface area contributed by atoms with Crippen LogP contribution >= 0.6 is 0 Å². The van der Waals surface area contributed by atoms with Gasteiger partial charge in [-0.15, -0.1) is 3.89 Å². The monoisotopic (exact) mass is 179 g/mol. The largest absolute Gasteiger partial charge is 0.305 e. The molecule has 0 heterocycles. The van der Waals surface area contributed by atoms with Gasteiger partial charge in [-0.25, -0.2) is 9.79 Å². The molecule has 0 saturated heterocycles. The SMILES string of the molecule is O=C=NC/C=C/CS(=O)(=O)F. The Morgan fingerprint density at radius 1 is 1.45 bits per heavy atom. The van der Waals surface area contributed by atoms with Crippen LogP contribution in [-0.2, 0) is 15.0 Å². The van der Waals surface area contributed by atoms with Crippen LogP contribution in [0, 0.1) is 0 Å². The molecule has 0 fully saturated rings. The summed E-state index contributed by atoms with van der Waals surface area (Å²) in [6, 6.07) is 0. The molecule has 0 aliphatic carbocycles. The molecule has 0 unspecified atom stereocenters. The molecule has 0 rings (SSSR count). The fourth-order valence-corrected chi connectivity index (χ4v) is 0.713. The summed E-state index contributed by atoms with van der Waals surface area (Å²) in [6.45, 7) is 0.0268. The zero-order valence-electron chi connectivity index (χ0n) is 5.53. The number of carbonyl (C=O) groups excluding carboxylic acids is 1. The molecule has 0 radical (unpaired) electrons. The Labute approximate surface area is 63.7 Å². The molecule has 6 heteroatoms. The molecular formula is C5H6FNO3S. The predicted molar refractivity (Wildman–Crippen MR) is 37.0 cm³/mol. The van der Waals surface area contributed by atoms with Gasteiger partial charge < -0.3 is 0 Å². The number of nitrogens with zero attached hydrogens (tertiary/aromatic N) is 1. The number of aliphatic imine (C=N–C) groups is 1. The molecular weight excluding hydrogens is 173 g/mol. The van der Waals surface area contributed by atoms with Crippen LogP contribution in [0.25, 0.3) is 0 Å². The van der Waals surface area contributed by atoms with E-state index in [1.165, 1.54) is 12.2 Å². The Hall–Kier alpha value is -1.00. The van der Waals surface area contributed by atoms with Crippen LogP contribution in [0.3, 0.4) is 0 Å². The highest BCUT2D eigenvalue weighted by atomic mass is 32.3. The molecule has 0 amide bonds. The molecule has 0 aromatic rings. The number of rotatable bonds is 4. The maximum Gasteiger partial charge on any atom is 0.305 e. The minimum absolute atomic E-state index is 0.0268. The van der Waals surface area contributed by atoms with E-state index in [9.17, 15) is 17.1 Å². The Kier molecular flexibility index (Phi) is 4.33. The van der Waals surface area contributed by atoms with Crippen molar-refractivity contribution in [3.8, 4) is 0 Å². The number of hydrogen-bond donors (Lipinski definition) is 0. The quantitative estimate of drug-likeness (QED) is 0.267. The summed E-state index contributed by atoms with van der Waals surface area (Å²) in [5.41, 5.74) is 0. The maximum atomic E-state index is 11.7. The molecule has 0 aromatic heterocycles. The number of isocyanates is 1. The minimum Gasteiger partial charge on any atom is -0.211 e. The molecule has 0 aliphatic heterocycles. The number of hydrogen-bond acceptors (Lipinski definition) is 4. The molecule has 0 bridgehead atoms. The topological polar surface area (TPSA) is 63.6 Å². The van der Waals surface area contributed by atoms with Crippen LogP contribution in [0.15, 0.2) is 17.1 Å². The summed E-state index contributed by atoms with van der Waals surface area (Å²) in [6.07, 6.45) is 3.59. The molecule has 0 saturated carbocycles. The van der Waals surface area contributed by atoms with Crippen molar-refractivity contribution < 1.29 is 17.1 Å². The molecule has 0 atom stereocenters. The average Bonchev–Trinajstić information content (AvgIpc) is 1.85. The van der Waals surface area contributed by atoms with Crippen molar-refractivity contribution in [2.24, 2.45) is 4.99 Å². The molecule has 11 heavy (non-hydrogen) atoms. The Morgan fingerprint density at radius 3 is 2.55 bits per heavy atom. The normalized spacial score (nSPS) is 11.4. The van der Waals surface area contributed by atoms with E-state index < -0.39 is 16.0 Å². The van der Waals surface area contributed by atoms with Crippen molar-refractivity contribution >= 4 is 16.3 Å². The first kappa shape index (κ1) is 10.0. The van der Waals surface area contributed by atoms with Gasteiger partial charge in [0.2, 0.25) is 6.08 Å². The second kappa shape index (κ2) is 4.76. The van der Waals surface area contributed by atoms with Crippen LogP contribution in [0.4, 0.5) is 3.89 Å². The van der Waals surface area contributed by atoms with Gasteiger partial charge in [0.25, 0.3) is 0 Å². The third-order valence-electron chi connectivity index (χ3n) is 0.723. The minimum atomic E-state index is -4.44. The molecule has 0 spiro atoms. The lowest BCUT2D eigenvalue weighted by Crippen LogP contribution is -1.93. The smallest absolute Gasteiger partial charge is 0.211 e. The molecule has 62 valence electrons. The Bertz CT molecular complexity index is 276. The summed E-state index contributed by atoms with van der Waals surface area (Å²) in [5, 5.41) is 0. The van der Waals surface area contributed by atoms with Crippen LogP contribution in [0.5, 0.6) is 0 Å². The van der Waals surface area contributed by atoms with Gasteiger partial charge in [-0.05, 0) is 0 Å². The highest BCUT2D eigenvalue weighted by Gasteiger charge is 2.00. The highest BCUT2D eigenvalue weighted by Crippen LogP contribution is 1.90. The number of halogens is 1. The van der Waals surface area contributed by atoms with Crippen molar-refractivity contribution in [3.63, 3.8) is 0 Å². The first-order chi connectivity index (χ1) is 5.06. The van der Waals surface area contributed by atoms with Crippen molar-refractivity contribution in [1.29, 1.82) is 0 Å². The lowest BCUT2D eigenvalue weighted by molar-refractivity contribution is 0.555. The van der Waals surface area contributed by atoms with E-state index in [0.717, 1.165) is 6.08 Å². The van der Waals surface area contributed by atoms with Crippen LogP contribution in [0.1, 0.15) is 0 Å². The van der Waals surface area contributed by atoms with E-state index in [0.29, 0.717) is 0 Å². The van der Waals surface area contributed by atoms with Gasteiger partial charge in [0.05, 0.1) is 12.3 Å².